The fraction of sp³-hybridized carbons (Fsp3) is 0.333. The maximum absolute atomic E-state index is 14.2. The minimum atomic E-state index is -0.601. The molecule has 4 rings (SSSR count). The molecule has 0 saturated carbocycles. The molecule has 2 aromatic carbocycles. The SMILES string of the molecule is COCC(=O)N1C[C@@H]2[C@H](c3ccccc31)[C@H](CO)N2C(=O)c1ccccc1F. The number of anilines is 1. The van der Waals surface area contributed by atoms with Gasteiger partial charge in [-0.15, -0.1) is 0 Å². The molecular formula is C21H21FN2O4. The molecule has 3 atom stereocenters. The van der Waals surface area contributed by atoms with Crippen molar-refractivity contribution in [3.8, 4) is 0 Å². The Bertz CT molecular complexity index is 919. The summed E-state index contributed by atoms with van der Waals surface area (Å²) >= 11 is 0. The topological polar surface area (TPSA) is 70.1 Å². The number of hydrogen-bond acceptors (Lipinski definition) is 4. The van der Waals surface area contributed by atoms with Crippen LogP contribution < -0.4 is 4.90 Å². The Labute approximate surface area is 162 Å². The van der Waals surface area contributed by atoms with Crippen LogP contribution in [0.15, 0.2) is 48.5 Å². The van der Waals surface area contributed by atoms with Crippen molar-refractivity contribution in [2.45, 2.75) is 18.0 Å². The summed E-state index contributed by atoms with van der Waals surface area (Å²) in [5.41, 5.74) is 1.63. The molecule has 2 aromatic rings. The van der Waals surface area contributed by atoms with E-state index in [0.717, 1.165) is 11.3 Å². The third-order valence-corrected chi connectivity index (χ3v) is 5.59. The van der Waals surface area contributed by atoms with Crippen LogP contribution in [0.1, 0.15) is 21.8 Å². The Balaban J connectivity index is 1.72. The lowest BCUT2D eigenvalue weighted by molar-refractivity contribution is -0.123. The molecule has 6 nitrogen and oxygen atoms in total. The second-order valence-electron chi connectivity index (χ2n) is 7.03. The fourth-order valence-corrected chi connectivity index (χ4v) is 4.38. The highest BCUT2D eigenvalue weighted by Crippen LogP contribution is 2.48. The molecule has 1 N–H and O–H groups in total. The Morgan fingerprint density at radius 3 is 2.61 bits per heavy atom. The molecule has 0 unspecified atom stereocenters. The number of carbonyl (C=O) groups excluding carboxylic acids is 2. The van der Waals surface area contributed by atoms with E-state index in [1.165, 1.54) is 30.2 Å². The number of carbonyl (C=O) groups is 2. The summed E-state index contributed by atoms with van der Waals surface area (Å²) in [6, 6.07) is 12.5. The molecular weight excluding hydrogens is 363 g/mol. The quantitative estimate of drug-likeness (QED) is 0.873. The van der Waals surface area contributed by atoms with Gasteiger partial charge in [0.05, 0.1) is 24.3 Å². The van der Waals surface area contributed by atoms with Gasteiger partial charge in [0.25, 0.3) is 11.8 Å². The second-order valence-corrected chi connectivity index (χ2v) is 7.03. The maximum Gasteiger partial charge on any atom is 0.257 e. The number of ether oxygens (including phenoxy) is 1. The van der Waals surface area contributed by atoms with Crippen LogP contribution in [0.5, 0.6) is 0 Å². The van der Waals surface area contributed by atoms with Crippen molar-refractivity contribution in [1.29, 1.82) is 0 Å². The van der Waals surface area contributed by atoms with E-state index in [1.54, 1.807) is 11.0 Å². The number of benzene rings is 2. The second kappa shape index (κ2) is 7.33. The monoisotopic (exact) mass is 384 g/mol. The van der Waals surface area contributed by atoms with Crippen molar-refractivity contribution < 1.29 is 23.8 Å². The standard InChI is InChI=1S/C21H21FN2O4/c1-28-12-19(26)23-10-17-20(14-7-3-5-9-16(14)23)18(11-25)24(17)21(27)13-6-2-4-8-15(13)22/h2-9,17-18,20,25H,10-12H2,1H3/t17-,18+,20+/m1/s1. The summed E-state index contributed by atoms with van der Waals surface area (Å²) < 4.78 is 19.2. The number of aliphatic hydroxyl groups excluding tert-OH is 1. The first-order valence-corrected chi connectivity index (χ1v) is 9.14. The number of aliphatic hydroxyl groups is 1. The zero-order valence-electron chi connectivity index (χ0n) is 15.4. The highest BCUT2D eigenvalue weighted by atomic mass is 19.1. The van der Waals surface area contributed by atoms with Gasteiger partial charge in [-0.2, -0.15) is 0 Å². The van der Waals surface area contributed by atoms with Crippen LogP contribution in [0.2, 0.25) is 0 Å². The predicted octanol–water partition coefficient (Wildman–Crippen LogP) is 1.79. The fourth-order valence-electron chi connectivity index (χ4n) is 4.38. The number of nitrogens with zero attached hydrogens (tertiary/aromatic N) is 2. The largest absolute Gasteiger partial charge is 0.394 e. The minimum Gasteiger partial charge on any atom is -0.394 e. The van der Waals surface area contributed by atoms with Crippen LogP contribution in [0.25, 0.3) is 0 Å². The van der Waals surface area contributed by atoms with Crippen LogP contribution in [0, 0.1) is 5.82 Å². The van der Waals surface area contributed by atoms with Gasteiger partial charge in [-0.1, -0.05) is 30.3 Å². The van der Waals surface area contributed by atoms with Gasteiger partial charge >= 0.3 is 0 Å². The molecule has 2 amide bonds. The smallest absolute Gasteiger partial charge is 0.257 e. The summed E-state index contributed by atoms with van der Waals surface area (Å²) in [6.07, 6.45) is 0. The minimum absolute atomic E-state index is 0.0342. The molecule has 146 valence electrons. The lowest BCUT2D eigenvalue weighted by Crippen LogP contribution is -2.71. The van der Waals surface area contributed by atoms with Gasteiger partial charge in [0, 0.05) is 25.3 Å². The van der Waals surface area contributed by atoms with Gasteiger partial charge in [-0.3, -0.25) is 9.59 Å². The highest BCUT2D eigenvalue weighted by molar-refractivity contribution is 5.98. The van der Waals surface area contributed by atoms with Crippen LogP contribution in [-0.4, -0.2) is 60.8 Å². The average molecular weight is 384 g/mol. The van der Waals surface area contributed by atoms with E-state index in [4.69, 9.17) is 4.74 Å². The molecule has 1 fully saturated rings. The van der Waals surface area contributed by atoms with Crippen molar-refractivity contribution in [3.63, 3.8) is 0 Å². The molecule has 1 saturated heterocycles. The zero-order chi connectivity index (χ0) is 19.8. The number of para-hydroxylation sites is 1. The van der Waals surface area contributed by atoms with E-state index in [1.807, 2.05) is 24.3 Å². The average Bonchev–Trinajstić information content (AvgIpc) is 2.68. The summed E-state index contributed by atoms with van der Waals surface area (Å²) in [5, 5.41) is 9.96. The zero-order valence-corrected chi connectivity index (χ0v) is 15.4. The van der Waals surface area contributed by atoms with Crippen LogP contribution >= 0.6 is 0 Å². The number of amides is 2. The number of fused-ring (bicyclic) bond motifs is 3. The van der Waals surface area contributed by atoms with Gasteiger partial charge in [-0.25, -0.2) is 4.39 Å². The number of rotatable bonds is 4. The van der Waals surface area contributed by atoms with E-state index in [-0.39, 0.29) is 43.2 Å². The molecule has 0 radical (unpaired) electrons. The summed E-state index contributed by atoms with van der Waals surface area (Å²) in [7, 11) is 1.45. The maximum atomic E-state index is 14.2. The molecule has 28 heavy (non-hydrogen) atoms. The van der Waals surface area contributed by atoms with Gasteiger partial charge in [0.2, 0.25) is 0 Å². The first kappa shape index (κ1) is 18.6. The molecule has 0 aromatic heterocycles. The normalized spacial score (nSPS) is 22.9. The lowest BCUT2D eigenvalue weighted by Gasteiger charge is -2.58. The first-order valence-electron chi connectivity index (χ1n) is 9.14. The third kappa shape index (κ3) is 2.78. The van der Waals surface area contributed by atoms with Crippen molar-refractivity contribution in [2.24, 2.45) is 0 Å². The van der Waals surface area contributed by atoms with Crippen LogP contribution in [-0.2, 0) is 9.53 Å². The van der Waals surface area contributed by atoms with Gasteiger partial charge in [0.1, 0.15) is 12.4 Å². The molecule has 2 heterocycles. The Morgan fingerprint density at radius 2 is 1.89 bits per heavy atom. The van der Waals surface area contributed by atoms with E-state index >= 15 is 0 Å². The molecule has 0 aliphatic carbocycles. The van der Waals surface area contributed by atoms with Gasteiger partial charge in [-0.05, 0) is 23.8 Å². The number of hydrogen-bond donors (Lipinski definition) is 1. The first-order chi connectivity index (χ1) is 13.6. The Hall–Kier alpha value is -2.77. The van der Waals surface area contributed by atoms with Gasteiger partial charge in [0.15, 0.2) is 0 Å². The molecule has 2 aliphatic heterocycles. The highest BCUT2D eigenvalue weighted by Gasteiger charge is 2.55. The molecule has 2 aliphatic rings. The Morgan fingerprint density at radius 1 is 1.18 bits per heavy atom. The van der Waals surface area contributed by atoms with Crippen molar-refractivity contribution in [2.75, 3.05) is 31.8 Å². The van der Waals surface area contributed by atoms with Crippen molar-refractivity contribution >= 4 is 17.5 Å². The predicted molar refractivity (Wildman–Crippen MR) is 101 cm³/mol. The Kier molecular flexibility index (Phi) is 4.87. The molecule has 0 bridgehead atoms. The van der Waals surface area contributed by atoms with Gasteiger partial charge < -0.3 is 19.6 Å². The van der Waals surface area contributed by atoms with E-state index in [2.05, 4.69) is 0 Å². The summed E-state index contributed by atoms with van der Waals surface area (Å²) in [6.45, 7) is -0.0291. The number of likely N-dealkylation sites (tertiary alicyclic amines) is 1. The molecule has 7 heteroatoms. The van der Waals surface area contributed by atoms with E-state index in [9.17, 15) is 19.1 Å². The van der Waals surface area contributed by atoms with Crippen LogP contribution in [0.3, 0.4) is 0 Å². The summed E-state index contributed by atoms with van der Waals surface area (Å²) in [4.78, 5) is 28.7. The van der Waals surface area contributed by atoms with Crippen molar-refractivity contribution in [1.82, 2.24) is 4.90 Å². The van der Waals surface area contributed by atoms with Crippen LogP contribution in [0.4, 0.5) is 10.1 Å². The van der Waals surface area contributed by atoms with E-state index in [0.29, 0.717) is 0 Å². The number of methoxy groups -OCH3 is 1. The van der Waals surface area contributed by atoms with E-state index < -0.39 is 17.8 Å². The summed E-state index contributed by atoms with van der Waals surface area (Å²) in [5.74, 6) is -1.39. The number of halogens is 1. The van der Waals surface area contributed by atoms with Crippen molar-refractivity contribution in [3.05, 3.63) is 65.5 Å². The molecule has 0 spiro atoms. The lowest BCUT2D eigenvalue weighted by atomic mass is 9.71. The third-order valence-electron chi connectivity index (χ3n) is 5.59.